The number of nitrogens with one attached hydrogen (secondary N) is 3. The average molecular weight is 721 g/mol. The second-order valence-corrected chi connectivity index (χ2v) is 15.1. The first-order valence-corrected chi connectivity index (χ1v) is 19.2. The van der Waals surface area contributed by atoms with Crippen LogP contribution in [-0.4, -0.2) is 91.4 Å². The first kappa shape index (κ1) is 39.7. The standard InChI is InChI=1S/C41H60N4O7/c1-3-26-6-4-8-32(35(48)15-11-30(20-26)45-24-25(2)46)34(47)13-9-27-10-14-36(49)38(21-27)52-41-31(12-16-37(50)40(41)51)33(23-29-7-5-18-43-29)28-17-19-44-39(42)22-28/h5,7,10,14,17-18,21-22,25-26,30-35,37,40-41,43-51H,3,8-9,11-13,15-16,19-20,23-24,42H2,1-2H3. The summed E-state index contributed by atoms with van der Waals surface area (Å²) in [6.07, 6.45) is 6.83. The highest BCUT2D eigenvalue weighted by molar-refractivity contribution is 5.42. The third-order valence-electron chi connectivity index (χ3n) is 11.2. The van der Waals surface area contributed by atoms with Gasteiger partial charge in [-0.1, -0.05) is 25.0 Å². The van der Waals surface area contributed by atoms with E-state index in [0.29, 0.717) is 63.9 Å². The summed E-state index contributed by atoms with van der Waals surface area (Å²) in [6, 6.07) is 9.17. The fourth-order valence-corrected chi connectivity index (χ4v) is 8.07. The number of aromatic hydroxyl groups is 1. The lowest BCUT2D eigenvalue weighted by atomic mass is 9.70. The lowest BCUT2D eigenvalue weighted by molar-refractivity contribution is -0.108. The van der Waals surface area contributed by atoms with E-state index in [1.807, 2.05) is 24.4 Å². The first-order chi connectivity index (χ1) is 25.0. The number of allylic oxidation sites excluding steroid dienone is 2. The third kappa shape index (κ3) is 10.8. The van der Waals surface area contributed by atoms with Crippen LogP contribution < -0.4 is 21.1 Å². The number of aromatic nitrogens is 1. The Hall–Kier alpha value is -3.50. The predicted octanol–water partition coefficient (Wildman–Crippen LogP) is 3.00. The maximum atomic E-state index is 11.4. The van der Waals surface area contributed by atoms with Gasteiger partial charge in [0.05, 0.1) is 30.2 Å². The van der Waals surface area contributed by atoms with E-state index in [0.717, 1.165) is 36.1 Å². The van der Waals surface area contributed by atoms with Crippen molar-refractivity contribution >= 4 is 0 Å². The molecule has 0 saturated heterocycles. The monoisotopic (exact) mass is 720 g/mol. The maximum Gasteiger partial charge on any atom is 0.161 e. The smallest absolute Gasteiger partial charge is 0.161 e. The Morgan fingerprint density at radius 1 is 1.06 bits per heavy atom. The van der Waals surface area contributed by atoms with Gasteiger partial charge in [-0.3, -0.25) is 0 Å². The van der Waals surface area contributed by atoms with Crippen LogP contribution in [0.5, 0.6) is 11.5 Å². The van der Waals surface area contributed by atoms with Gasteiger partial charge in [0.15, 0.2) is 11.5 Å². The number of aliphatic hydroxyl groups is 5. The Labute approximate surface area is 308 Å². The van der Waals surface area contributed by atoms with Crippen molar-refractivity contribution in [2.75, 3.05) is 13.1 Å². The van der Waals surface area contributed by atoms with Gasteiger partial charge in [-0.2, -0.15) is 0 Å². The number of aliphatic hydroxyl groups excluding tert-OH is 5. The highest BCUT2D eigenvalue weighted by Crippen LogP contribution is 2.41. The first-order valence-electron chi connectivity index (χ1n) is 19.2. The largest absolute Gasteiger partial charge is 0.504 e. The molecule has 11 heteroatoms. The second kappa shape index (κ2) is 19.0. The number of aryl methyl sites for hydroxylation is 1. The van der Waals surface area contributed by atoms with Crippen molar-refractivity contribution in [2.45, 2.75) is 121 Å². The third-order valence-corrected chi connectivity index (χ3v) is 11.2. The van der Waals surface area contributed by atoms with Gasteiger partial charge in [-0.05, 0) is 112 Å². The van der Waals surface area contributed by atoms with E-state index in [4.69, 9.17) is 10.5 Å². The Bertz CT molecular complexity index is 1530. The second-order valence-electron chi connectivity index (χ2n) is 15.1. The fraction of sp³-hybridized carbons (Fsp3) is 0.610. The number of benzene rings is 1. The number of hydrogen-bond acceptors (Lipinski definition) is 10. The summed E-state index contributed by atoms with van der Waals surface area (Å²) < 4.78 is 6.49. The molecule has 2 aromatic rings. The summed E-state index contributed by atoms with van der Waals surface area (Å²) in [6.45, 7) is 4.93. The molecule has 2 aliphatic carbocycles. The maximum absolute atomic E-state index is 11.4. The van der Waals surface area contributed by atoms with E-state index < -0.39 is 42.5 Å². The normalized spacial score (nSPS) is 30.1. The Kier molecular flexibility index (Phi) is 14.5. The minimum absolute atomic E-state index is 0.0799. The number of aromatic amines is 1. The minimum Gasteiger partial charge on any atom is -0.504 e. The number of phenolic OH excluding ortho intramolecular Hbond substituents is 1. The van der Waals surface area contributed by atoms with E-state index in [1.165, 1.54) is 0 Å². The molecule has 52 heavy (non-hydrogen) atoms. The van der Waals surface area contributed by atoms with Gasteiger partial charge in [-0.25, -0.2) is 0 Å². The van der Waals surface area contributed by atoms with Crippen LogP contribution in [0, 0.1) is 35.5 Å². The van der Waals surface area contributed by atoms with Gasteiger partial charge in [-0.15, -0.1) is 5.92 Å². The molecule has 286 valence electrons. The van der Waals surface area contributed by atoms with E-state index in [2.05, 4.69) is 40.5 Å². The van der Waals surface area contributed by atoms with E-state index in [9.17, 15) is 30.6 Å². The molecule has 11 nitrogen and oxygen atoms in total. The van der Waals surface area contributed by atoms with Crippen molar-refractivity contribution in [1.82, 2.24) is 15.6 Å². The van der Waals surface area contributed by atoms with Crippen LogP contribution in [0.1, 0.15) is 76.5 Å². The molecule has 5 rings (SSSR count). The Morgan fingerprint density at radius 2 is 1.87 bits per heavy atom. The zero-order valence-corrected chi connectivity index (χ0v) is 30.6. The number of phenols is 1. The van der Waals surface area contributed by atoms with Gasteiger partial charge < -0.3 is 56.7 Å². The molecule has 11 N–H and O–H groups in total. The molecule has 1 aromatic heterocycles. The van der Waals surface area contributed by atoms with Crippen molar-refractivity contribution in [1.29, 1.82) is 0 Å². The summed E-state index contributed by atoms with van der Waals surface area (Å²) in [4.78, 5) is 3.29. The summed E-state index contributed by atoms with van der Waals surface area (Å²) in [7, 11) is 0. The SMILES string of the molecule is CCC1C#CCC(C(O)CCc2ccc(O)c(OC3C(O)C(O)CCC3C(Cc3ccc[nH]3)C3=CCNC(N)=C3)c2)C(O)CCC(NCC(C)O)C1. The van der Waals surface area contributed by atoms with Crippen molar-refractivity contribution in [2.24, 2.45) is 29.4 Å². The van der Waals surface area contributed by atoms with E-state index in [-0.39, 0.29) is 35.3 Å². The number of ether oxygens (including phenoxy) is 1. The van der Waals surface area contributed by atoms with Gasteiger partial charge >= 0.3 is 0 Å². The zero-order valence-electron chi connectivity index (χ0n) is 30.6. The Morgan fingerprint density at radius 3 is 2.60 bits per heavy atom. The van der Waals surface area contributed by atoms with Gasteiger partial charge in [0, 0.05) is 55.2 Å². The molecule has 0 radical (unpaired) electrons. The molecular formula is C41H60N4O7. The van der Waals surface area contributed by atoms with Crippen LogP contribution in [0.25, 0.3) is 0 Å². The van der Waals surface area contributed by atoms with Crippen LogP contribution in [0.4, 0.5) is 0 Å². The van der Waals surface area contributed by atoms with Crippen molar-refractivity contribution in [3.8, 4) is 23.3 Å². The highest BCUT2D eigenvalue weighted by atomic mass is 16.5. The molecule has 1 fully saturated rings. The van der Waals surface area contributed by atoms with Crippen LogP contribution in [0.3, 0.4) is 0 Å². The van der Waals surface area contributed by atoms with Crippen molar-refractivity contribution in [3.05, 3.63) is 71.3 Å². The van der Waals surface area contributed by atoms with Crippen molar-refractivity contribution < 1.29 is 35.4 Å². The molecular weight excluding hydrogens is 660 g/mol. The van der Waals surface area contributed by atoms with Gasteiger partial charge in [0.1, 0.15) is 12.2 Å². The summed E-state index contributed by atoms with van der Waals surface area (Å²) in [5.41, 5.74) is 9.06. The molecule has 1 aromatic carbocycles. The van der Waals surface area contributed by atoms with Crippen LogP contribution in [0.2, 0.25) is 0 Å². The number of nitrogens with two attached hydrogens (primary N) is 1. The Balaban J connectivity index is 1.30. The van der Waals surface area contributed by atoms with Crippen LogP contribution >= 0.6 is 0 Å². The highest BCUT2D eigenvalue weighted by Gasteiger charge is 2.44. The topological polar surface area (TPSA) is 196 Å². The molecule has 0 bridgehead atoms. The molecule has 1 saturated carbocycles. The number of rotatable bonds is 14. The number of hydrogen-bond donors (Lipinski definition) is 10. The van der Waals surface area contributed by atoms with E-state index in [1.54, 1.807) is 25.1 Å². The summed E-state index contributed by atoms with van der Waals surface area (Å²) in [5.74, 6) is 6.81. The summed E-state index contributed by atoms with van der Waals surface area (Å²) >= 11 is 0. The van der Waals surface area contributed by atoms with Crippen molar-refractivity contribution in [3.63, 3.8) is 0 Å². The van der Waals surface area contributed by atoms with Gasteiger partial charge in [0.25, 0.3) is 0 Å². The predicted molar refractivity (Wildman–Crippen MR) is 201 cm³/mol. The zero-order chi connectivity index (χ0) is 37.2. The molecule has 3 aliphatic rings. The average Bonchev–Trinajstić information content (AvgIpc) is 3.65. The molecule has 11 unspecified atom stereocenters. The molecule has 1 aliphatic heterocycles. The molecule has 0 spiro atoms. The molecule has 2 heterocycles. The van der Waals surface area contributed by atoms with Gasteiger partial charge in [0.2, 0.25) is 0 Å². The van der Waals surface area contributed by atoms with Crippen LogP contribution in [-0.2, 0) is 12.8 Å². The number of H-pyrrole nitrogens is 1. The lowest BCUT2D eigenvalue weighted by Gasteiger charge is -2.42. The summed E-state index contributed by atoms with van der Waals surface area (Å²) in [5, 5.41) is 72.1. The molecule has 11 atom stereocenters. The minimum atomic E-state index is -1.18. The fourth-order valence-electron chi connectivity index (χ4n) is 8.07. The van der Waals surface area contributed by atoms with Crippen LogP contribution in [0.15, 0.2) is 60.1 Å². The quantitative estimate of drug-likeness (QED) is 0.130. The molecule has 0 amide bonds. The number of dihydropyridines is 1. The van der Waals surface area contributed by atoms with E-state index >= 15 is 0 Å². The lowest BCUT2D eigenvalue weighted by Crippen LogP contribution is -2.52.